The predicted octanol–water partition coefficient (Wildman–Crippen LogP) is 11.1. The molecule has 0 bridgehead atoms. The molecule has 0 unspecified atom stereocenters. The van der Waals surface area contributed by atoms with Gasteiger partial charge in [-0.25, -0.2) is 4.57 Å². The van der Waals surface area contributed by atoms with Gasteiger partial charge >= 0.3 is 19.8 Å². The molecule has 0 aliphatic carbocycles. The van der Waals surface area contributed by atoms with Crippen molar-refractivity contribution < 1.29 is 37.9 Å². The average Bonchev–Trinajstić information content (AvgIpc) is 3.00. The molecule has 0 amide bonds. The molecule has 274 valence electrons. The van der Waals surface area contributed by atoms with Crippen molar-refractivity contribution in [3.05, 3.63) is 0 Å². The van der Waals surface area contributed by atoms with Gasteiger partial charge in [-0.15, -0.1) is 0 Å². The zero-order valence-corrected chi connectivity index (χ0v) is 31.1. The van der Waals surface area contributed by atoms with Crippen LogP contribution in [0.2, 0.25) is 0 Å². The van der Waals surface area contributed by atoms with Crippen LogP contribution in [0, 0.1) is 5.92 Å². The minimum atomic E-state index is -4.74. The van der Waals surface area contributed by atoms with Gasteiger partial charge in [0.15, 0.2) is 6.10 Å². The van der Waals surface area contributed by atoms with Gasteiger partial charge in [0.05, 0.1) is 6.61 Å². The fourth-order valence-electron chi connectivity index (χ4n) is 5.68. The molecule has 0 saturated heterocycles. The molecular weight excluding hydrogens is 603 g/mol. The molecule has 1 atom stereocenters. The van der Waals surface area contributed by atoms with Gasteiger partial charge in [-0.1, -0.05) is 175 Å². The summed E-state index contributed by atoms with van der Waals surface area (Å²) in [5.74, 6) is -0.0403. The maximum Gasteiger partial charge on any atom is 0.469 e. The number of carbonyl (C=O) groups excluding carboxylic acids is 2. The third kappa shape index (κ3) is 35.9. The third-order valence-corrected chi connectivity index (χ3v) is 9.04. The molecule has 0 aromatic carbocycles. The number of unbranched alkanes of at least 4 members (excludes halogenated alkanes) is 23. The Morgan fingerprint density at radius 1 is 0.543 bits per heavy atom. The molecule has 46 heavy (non-hydrogen) atoms. The number of esters is 2. The Kier molecular flexibility index (Phi) is 31.9. The molecule has 0 aromatic rings. The average molecular weight is 677 g/mol. The molecule has 0 heterocycles. The van der Waals surface area contributed by atoms with Crippen LogP contribution in [-0.4, -0.2) is 41.0 Å². The van der Waals surface area contributed by atoms with Crippen molar-refractivity contribution in [3.8, 4) is 0 Å². The van der Waals surface area contributed by atoms with E-state index in [0.29, 0.717) is 6.42 Å². The zero-order chi connectivity index (χ0) is 34.1. The van der Waals surface area contributed by atoms with Crippen molar-refractivity contribution in [3.63, 3.8) is 0 Å². The van der Waals surface area contributed by atoms with Gasteiger partial charge in [0.1, 0.15) is 6.61 Å². The highest BCUT2D eigenvalue weighted by molar-refractivity contribution is 7.46. The Hall–Kier alpha value is -0.950. The summed E-state index contributed by atoms with van der Waals surface area (Å²) >= 11 is 0. The van der Waals surface area contributed by atoms with E-state index in [1.807, 2.05) is 0 Å². The van der Waals surface area contributed by atoms with Gasteiger partial charge in [0, 0.05) is 12.8 Å². The van der Waals surface area contributed by atoms with Gasteiger partial charge in [0.25, 0.3) is 0 Å². The molecule has 8 nitrogen and oxygen atoms in total. The largest absolute Gasteiger partial charge is 0.469 e. The van der Waals surface area contributed by atoms with Crippen molar-refractivity contribution in [1.29, 1.82) is 0 Å². The maximum absolute atomic E-state index is 12.3. The number of rotatable bonds is 35. The molecule has 0 aromatic heterocycles. The van der Waals surface area contributed by atoms with Crippen LogP contribution in [-0.2, 0) is 28.2 Å². The van der Waals surface area contributed by atoms with Crippen LogP contribution in [0.25, 0.3) is 0 Å². The maximum atomic E-state index is 12.3. The van der Waals surface area contributed by atoms with E-state index in [1.165, 1.54) is 122 Å². The van der Waals surface area contributed by atoms with Crippen LogP contribution < -0.4 is 0 Å². The molecule has 0 aliphatic heterocycles. The number of ether oxygens (including phenoxy) is 2. The molecule has 0 rings (SSSR count). The van der Waals surface area contributed by atoms with Gasteiger partial charge in [0.2, 0.25) is 0 Å². The molecule has 0 spiro atoms. The first-order valence-corrected chi connectivity index (χ1v) is 20.7. The molecule has 0 radical (unpaired) electrons. The summed E-state index contributed by atoms with van der Waals surface area (Å²) in [5.41, 5.74) is 0. The Labute approximate surface area is 283 Å². The second kappa shape index (κ2) is 32.6. The SMILES string of the molecule is CCCCCCCCCCCCCC(=O)O[C@H](COC(=O)CCCCCCCCCCCCCCCCC(C)C)COP(=O)(O)O. The normalized spacial score (nSPS) is 12.5. The lowest BCUT2D eigenvalue weighted by Gasteiger charge is -2.18. The van der Waals surface area contributed by atoms with Crippen LogP contribution in [0.4, 0.5) is 0 Å². The van der Waals surface area contributed by atoms with Crippen LogP contribution in [0.1, 0.15) is 201 Å². The third-order valence-electron chi connectivity index (χ3n) is 8.55. The first-order valence-electron chi connectivity index (χ1n) is 19.2. The molecule has 0 fully saturated rings. The van der Waals surface area contributed by atoms with Crippen molar-refractivity contribution in [2.24, 2.45) is 5.92 Å². The fourth-order valence-corrected chi connectivity index (χ4v) is 6.04. The lowest BCUT2D eigenvalue weighted by Crippen LogP contribution is -2.29. The fraction of sp³-hybridized carbons (Fsp3) is 0.946. The van der Waals surface area contributed by atoms with Crippen LogP contribution in [0.3, 0.4) is 0 Å². The summed E-state index contributed by atoms with van der Waals surface area (Å²) in [7, 11) is -4.74. The second-order valence-corrected chi connectivity index (χ2v) is 15.0. The topological polar surface area (TPSA) is 119 Å². The molecule has 9 heteroatoms. The van der Waals surface area contributed by atoms with Crippen molar-refractivity contribution >= 4 is 19.8 Å². The monoisotopic (exact) mass is 677 g/mol. The summed E-state index contributed by atoms with van der Waals surface area (Å²) in [6.45, 7) is 6.03. The Bertz CT molecular complexity index is 739. The predicted molar refractivity (Wildman–Crippen MR) is 189 cm³/mol. The van der Waals surface area contributed by atoms with Crippen LogP contribution in [0.15, 0.2) is 0 Å². The van der Waals surface area contributed by atoms with Gasteiger partial charge < -0.3 is 19.3 Å². The molecular formula is C37H73O8P. The number of phosphoric ester groups is 1. The molecule has 2 N–H and O–H groups in total. The number of hydrogen-bond donors (Lipinski definition) is 2. The molecule has 0 saturated carbocycles. The lowest BCUT2D eigenvalue weighted by molar-refractivity contribution is -0.161. The highest BCUT2D eigenvalue weighted by atomic mass is 31.2. The highest BCUT2D eigenvalue weighted by Crippen LogP contribution is 2.36. The summed E-state index contributed by atoms with van der Waals surface area (Å²) < 4.78 is 26.3. The second-order valence-electron chi connectivity index (χ2n) is 13.7. The van der Waals surface area contributed by atoms with E-state index >= 15 is 0 Å². The highest BCUT2D eigenvalue weighted by Gasteiger charge is 2.22. The smallest absolute Gasteiger partial charge is 0.462 e. The Balaban J connectivity index is 3.88. The Morgan fingerprint density at radius 2 is 0.913 bits per heavy atom. The van der Waals surface area contributed by atoms with E-state index in [9.17, 15) is 14.2 Å². The molecule has 0 aliphatic rings. The van der Waals surface area contributed by atoms with Gasteiger partial charge in [-0.3, -0.25) is 14.1 Å². The first kappa shape index (κ1) is 45.0. The van der Waals surface area contributed by atoms with Crippen molar-refractivity contribution in [1.82, 2.24) is 0 Å². The van der Waals surface area contributed by atoms with Crippen LogP contribution in [0.5, 0.6) is 0 Å². The quantitative estimate of drug-likeness (QED) is 0.0387. The van der Waals surface area contributed by atoms with E-state index in [0.717, 1.165) is 44.4 Å². The number of carbonyl (C=O) groups is 2. The van der Waals surface area contributed by atoms with Gasteiger partial charge in [-0.2, -0.15) is 0 Å². The summed E-state index contributed by atoms with van der Waals surface area (Å²) in [6, 6.07) is 0. The van der Waals surface area contributed by atoms with E-state index in [-0.39, 0.29) is 19.4 Å². The summed E-state index contributed by atoms with van der Waals surface area (Å²) in [5, 5.41) is 0. The minimum Gasteiger partial charge on any atom is -0.462 e. The summed E-state index contributed by atoms with van der Waals surface area (Å²) in [4.78, 5) is 42.6. The summed E-state index contributed by atoms with van der Waals surface area (Å²) in [6.07, 6.45) is 31.1. The van der Waals surface area contributed by atoms with E-state index in [4.69, 9.17) is 19.3 Å². The first-order chi connectivity index (χ1) is 22.1. The van der Waals surface area contributed by atoms with Crippen molar-refractivity contribution in [2.45, 2.75) is 207 Å². The van der Waals surface area contributed by atoms with E-state index in [2.05, 4.69) is 25.3 Å². The van der Waals surface area contributed by atoms with E-state index in [1.54, 1.807) is 0 Å². The van der Waals surface area contributed by atoms with Crippen molar-refractivity contribution in [2.75, 3.05) is 13.2 Å². The lowest BCUT2D eigenvalue weighted by atomic mass is 10.0. The van der Waals surface area contributed by atoms with Gasteiger partial charge in [-0.05, 0) is 18.8 Å². The van der Waals surface area contributed by atoms with E-state index < -0.39 is 32.5 Å². The zero-order valence-electron chi connectivity index (χ0n) is 30.2. The standard InChI is InChI=1S/C37H73O8P/c1-4-5-6-7-8-9-14-19-22-25-28-31-37(39)45-35(33-44-46(40,41)42)32-43-36(38)30-27-24-21-18-16-13-11-10-12-15-17-20-23-26-29-34(2)3/h34-35H,4-33H2,1-3H3,(H2,40,41,42)/t35-/m1/s1. The number of phosphoric acid groups is 1. The van der Waals surface area contributed by atoms with Crippen LogP contribution >= 0.6 is 7.82 Å². The Morgan fingerprint density at radius 3 is 1.30 bits per heavy atom. The minimum absolute atomic E-state index is 0.218. The number of hydrogen-bond acceptors (Lipinski definition) is 6.